The predicted octanol–water partition coefficient (Wildman–Crippen LogP) is 3.39. The third-order valence-electron chi connectivity index (χ3n) is 3.81. The smallest absolute Gasteiger partial charge is 0.0253 e. The molecule has 0 aromatic carbocycles. The van der Waals surface area contributed by atoms with Crippen LogP contribution in [0, 0.1) is 5.92 Å². The van der Waals surface area contributed by atoms with Crippen molar-refractivity contribution in [3.05, 3.63) is 11.6 Å². The van der Waals surface area contributed by atoms with Gasteiger partial charge in [-0.1, -0.05) is 37.3 Å². The zero-order valence-corrected chi connectivity index (χ0v) is 9.17. The zero-order valence-electron chi connectivity index (χ0n) is 9.17. The van der Waals surface area contributed by atoms with Crippen LogP contribution in [0.1, 0.15) is 57.8 Å². The van der Waals surface area contributed by atoms with Crippen LogP contribution in [0.15, 0.2) is 11.6 Å². The third-order valence-corrected chi connectivity index (χ3v) is 3.81. The molecule has 1 heteroatoms. The Labute approximate surface area is 87.8 Å². The normalized spacial score (nSPS) is 33.5. The van der Waals surface area contributed by atoms with E-state index in [1.54, 1.807) is 5.57 Å². The number of allylic oxidation sites excluding steroid dienone is 1. The number of hydrogen-bond acceptors (Lipinski definition) is 1. The maximum absolute atomic E-state index is 6.13. The van der Waals surface area contributed by atoms with Gasteiger partial charge in [0, 0.05) is 6.04 Å². The van der Waals surface area contributed by atoms with E-state index in [9.17, 15) is 0 Å². The molecule has 1 atom stereocenters. The molecule has 80 valence electrons. The van der Waals surface area contributed by atoms with Crippen LogP contribution >= 0.6 is 0 Å². The molecule has 0 aliphatic heterocycles. The van der Waals surface area contributed by atoms with Gasteiger partial charge in [0.15, 0.2) is 0 Å². The van der Waals surface area contributed by atoms with E-state index in [4.69, 9.17) is 5.73 Å². The van der Waals surface area contributed by atoms with Crippen molar-refractivity contribution in [3.8, 4) is 0 Å². The molecule has 2 saturated carbocycles. The van der Waals surface area contributed by atoms with Crippen LogP contribution in [-0.4, -0.2) is 6.04 Å². The van der Waals surface area contributed by atoms with Crippen LogP contribution in [0.5, 0.6) is 0 Å². The van der Waals surface area contributed by atoms with Crippen molar-refractivity contribution in [1.29, 1.82) is 0 Å². The van der Waals surface area contributed by atoms with Gasteiger partial charge in [-0.3, -0.25) is 0 Å². The van der Waals surface area contributed by atoms with E-state index in [0.29, 0.717) is 6.04 Å². The molecule has 0 heterocycles. The molecule has 14 heavy (non-hydrogen) atoms. The Hall–Kier alpha value is -0.300. The molecule has 1 unspecified atom stereocenters. The SMILES string of the molecule is NC1CCCCC1=CC1CCCCC1. The standard InChI is InChI=1S/C13H23N/c14-13-9-5-4-8-12(13)10-11-6-2-1-3-7-11/h10-11,13H,1-9,14H2. The van der Waals surface area contributed by atoms with Gasteiger partial charge in [-0.2, -0.15) is 0 Å². The summed E-state index contributed by atoms with van der Waals surface area (Å²) in [4.78, 5) is 0. The molecule has 2 rings (SSSR count). The fourth-order valence-electron chi connectivity index (χ4n) is 2.87. The van der Waals surface area contributed by atoms with E-state index < -0.39 is 0 Å². The summed E-state index contributed by atoms with van der Waals surface area (Å²) in [6.07, 6.45) is 14.9. The summed E-state index contributed by atoms with van der Waals surface area (Å²) in [7, 11) is 0. The highest BCUT2D eigenvalue weighted by Crippen LogP contribution is 2.29. The average molecular weight is 193 g/mol. The van der Waals surface area contributed by atoms with Crippen molar-refractivity contribution in [2.45, 2.75) is 63.8 Å². The lowest BCUT2D eigenvalue weighted by Gasteiger charge is -2.25. The fraction of sp³-hybridized carbons (Fsp3) is 0.846. The van der Waals surface area contributed by atoms with Crippen molar-refractivity contribution < 1.29 is 0 Å². The molecule has 0 saturated heterocycles. The Morgan fingerprint density at radius 1 is 0.929 bits per heavy atom. The first-order chi connectivity index (χ1) is 6.86. The summed E-state index contributed by atoms with van der Waals surface area (Å²) in [6, 6.07) is 0.394. The molecule has 2 aliphatic rings. The van der Waals surface area contributed by atoms with Crippen LogP contribution in [-0.2, 0) is 0 Å². The first-order valence-electron chi connectivity index (χ1n) is 6.32. The fourth-order valence-corrected chi connectivity index (χ4v) is 2.87. The lowest BCUT2D eigenvalue weighted by atomic mass is 9.83. The molecular weight excluding hydrogens is 170 g/mol. The van der Waals surface area contributed by atoms with Gasteiger partial charge in [-0.25, -0.2) is 0 Å². The summed E-state index contributed by atoms with van der Waals surface area (Å²) >= 11 is 0. The van der Waals surface area contributed by atoms with Gasteiger partial charge < -0.3 is 5.73 Å². The lowest BCUT2D eigenvalue weighted by molar-refractivity contribution is 0.412. The number of rotatable bonds is 1. The van der Waals surface area contributed by atoms with Crippen molar-refractivity contribution in [2.75, 3.05) is 0 Å². The first kappa shape index (κ1) is 10.2. The van der Waals surface area contributed by atoms with Gasteiger partial charge in [0.1, 0.15) is 0 Å². The Bertz CT molecular complexity index is 201. The molecule has 0 spiro atoms. The van der Waals surface area contributed by atoms with Crippen LogP contribution in [0.25, 0.3) is 0 Å². The van der Waals surface area contributed by atoms with E-state index in [0.717, 1.165) is 5.92 Å². The molecule has 0 aromatic heterocycles. The predicted molar refractivity (Wildman–Crippen MR) is 61.1 cm³/mol. The van der Waals surface area contributed by atoms with Crippen LogP contribution < -0.4 is 5.73 Å². The summed E-state index contributed by atoms with van der Waals surface area (Å²) in [5.74, 6) is 0.864. The van der Waals surface area contributed by atoms with E-state index in [1.165, 1.54) is 57.8 Å². The van der Waals surface area contributed by atoms with Crippen molar-refractivity contribution in [3.63, 3.8) is 0 Å². The van der Waals surface area contributed by atoms with Gasteiger partial charge in [0.05, 0.1) is 0 Å². The number of hydrogen-bond donors (Lipinski definition) is 1. The topological polar surface area (TPSA) is 26.0 Å². The third kappa shape index (κ3) is 2.60. The molecule has 0 aromatic rings. The highest BCUT2D eigenvalue weighted by Gasteiger charge is 2.17. The zero-order chi connectivity index (χ0) is 9.80. The maximum Gasteiger partial charge on any atom is 0.0253 e. The second-order valence-corrected chi connectivity index (χ2v) is 4.99. The van der Waals surface area contributed by atoms with E-state index in [2.05, 4.69) is 6.08 Å². The maximum atomic E-state index is 6.13. The minimum absolute atomic E-state index is 0.394. The Morgan fingerprint density at radius 2 is 1.64 bits per heavy atom. The summed E-state index contributed by atoms with van der Waals surface area (Å²) in [5.41, 5.74) is 7.70. The van der Waals surface area contributed by atoms with Gasteiger partial charge in [0.25, 0.3) is 0 Å². The molecular formula is C13H23N. The Morgan fingerprint density at radius 3 is 2.36 bits per heavy atom. The molecule has 0 radical (unpaired) electrons. The van der Waals surface area contributed by atoms with Gasteiger partial charge in [-0.15, -0.1) is 0 Å². The highest BCUT2D eigenvalue weighted by molar-refractivity contribution is 5.14. The quantitative estimate of drug-likeness (QED) is 0.635. The summed E-state index contributed by atoms with van der Waals surface area (Å²) < 4.78 is 0. The van der Waals surface area contributed by atoms with Crippen molar-refractivity contribution in [1.82, 2.24) is 0 Å². The van der Waals surface area contributed by atoms with Crippen LogP contribution in [0.4, 0.5) is 0 Å². The number of nitrogens with two attached hydrogens (primary N) is 1. The van der Waals surface area contributed by atoms with Gasteiger partial charge >= 0.3 is 0 Å². The van der Waals surface area contributed by atoms with Gasteiger partial charge in [0.2, 0.25) is 0 Å². The highest BCUT2D eigenvalue weighted by atomic mass is 14.6. The van der Waals surface area contributed by atoms with Crippen molar-refractivity contribution >= 4 is 0 Å². The molecule has 2 aliphatic carbocycles. The van der Waals surface area contributed by atoms with Gasteiger partial charge in [-0.05, 0) is 38.0 Å². The van der Waals surface area contributed by atoms with Crippen LogP contribution in [0.3, 0.4) is 0 Å². The molecule has 0 bridgehead atoms. The van der Waals surface area contributed by atoms with E-state index in [-0.39, 0.29) is 0 Å². The van der Waals surface area contributed by atoms with E-state index in [1.807, 2.05) is 0 Å². The minimum atomic E-state index is 0.394. The Kier molecular flexibility index (Phi) is 3.63. The minimum Gasteiger partial charge on any atom is -0.324 e. The molecule has 2 N–H and O–H groups in total. The monoisotopic (exact) mass is 193 g/mol. The molecule has 0 amide bonds. The largest absolute Gasteiger partial charge is 0.324 e. The second kappa shape index (κ2) is 4.97. The second-order valence-electron chi connectivity index (χ2n) is 4.99. The first-order valence-corrected chi connectivity index (χ1v) is 6.32. The summed E-state index contributed by atoms with van der Waals surface area (Å²) in [6.45, 7) is 0. The average Bonchev–Trinajstić information content (AvgIpc) is 2.23. The molecule has 1 nitrogen and oxygen atoms in total. The van der Waals surface area contributed by atoms with Crippen molar-refractivity contribution in [2.24, 2.45) is 11.7 Å². The Balaban J connectivity index is 1.93. The summed E-state index contributed by atoms with van der Waals surface area (Å²) in [5, 5.41) is 0. The molecule has 2 fully saturated rings. The van der Waals surface area contributed by atoms with E-state index >= 15 is 0 Å². The lowest BCUT2D eigenvalue weighted by Crippen LogP contribution is -2.26. The van der Waals surface area contributed by atoms with Crippen LogP contribution in [0.2, 0.25) is 0 Å².